The van der Waals surface area contributed by atoms with E-state index in [0.717, 1.165) is 11.9 Å². The predicted octanol–water partition coefficient (Wildman–Crippen LogP) is -1.72. The van der Waals surface area contributed by atoms with Crippen LogP contribution in [0.15, 0.2) is 47.4 Å². The molecule has 0 atom stereocenters. The van der Waals surface area contributed by atoms with Crippen molar-refractivity contribution in [3.05, 3.63) is 42.5 Å². The van der Waals surface area contributed by atoms with Crippen molar-refractivity contribution in [1.29, 1.82) is 0 Å². The lowest BCUT2D eigenvalue weighted by Crippen LogP contribution is -2.77. The molecule has 0 spiro atoms. The fourth-order valence-electron chi connectivity index (χ4n) is 1.62. The molecule has 0 amide bonds. The zero-order valence-corrected chi connectivity index (χ0v) is 12.4. The van der Waals surface area contributed by atoms with E-state index < -0.39 is 10.1 Å². The Balaban J connectivity index is 0.000000495. The van der Waals surface area contributed by atoms with Gasteiger partial charge < -0.3 is 10.0 Å². The van der Waals surface area contributed by atoms with Gasteiger partial charge in [0.15, 0.2) is 0 Å². The van der Waals surface area contributed by atoms with Gasteiger partial charge in [-0.2, -0.15) is 0 Å². The van der Waals surface area contributed by atoms with Gasteiger partial charge in [-0.3, -0.25) is 16.5 Å². The minimum atomic E-state index is -4.38. The molecule has 0 unspecified atom stereocenters. The highest BCUT2D eigenvalue weighted by atomic mass is 32.2. The summed E-state index contributed by atoms with van der Waals surface area (Å²) >= 11 is 0. The number of nitrogens with one attached hydrogen (secondary N) is 1. The molecule has 0 fully saturated rings. The number of benzene rings is 2. The Hall–Kier alpha value is -2.16. The van der Waals surface area contributed by atoms with Crippen molar-refractivity contribution in [1.82, 2.24) is 0 Å². The van der Waals surface area contributed by atoms with Crippen LogP contribution in [0.5, 0.6) is 0 Å². The molecule has 0 heterocycles. The second kappa shape index (κ2) is 8.20. The smallest absolute Gasteiger partial charge is 0.338 e. The second-order valence-corrected chi connectivity index (χ2v) is 5.27. The van der Waals surface area contributed by atoms with Crippen molar-refractivity contribution in [3.8, 4) is 0 Å². The van der Waals surface area contributed by atoms with E-state index in [2.05, 4.69) is 4.99 Å². The van der Waals surface area contributed by atoms with Crippen LogP contribution >= 0.6 is 0 Å². The van der Waals surface area contributed by atoms with Gasteiger partial charge in [-0.15, -0.1) is 0 Å². The zero-order chi connectivity index (χ0) is 15.2. The molecule has 2 rings (SSSR count). The highest BCUT2D eigenvalue weighted by molar-refractivity contribution is 7.86. The van der Waals surface area contributed by atoms with Crippen LogP contribution in [0.25, 0.3) is 10.8 Å². The third-order valence-corrected chi connectivity index (χ3v) is 3.29. The predicted molar refractivity (Wildman–Crippen MR) is 80.4 cm³/mol. The summed E-state index contributed by atoms with van der Waals surface area (Å²) in [5, 5.41) is 1.23. The first kappa shape index (κ1) is 18.8. The molecule has 0 aromatic heterocycles. The molecule has 2 aromatic rings. The standard InChI is InChI=1S/C10H8O3S.C3H9N3.H2O/c11-14(12,13)10-7-3-5-8-4-1-2-6-9(8)10;1-2-6-3(4)5;/h1-7H,(H,11,12,13);2H2,1H3,(H4,4,5,6);1H2. The van der Waals surface area contributed by atoms with Gasteiger partial charge in [0.05, 0.1) is 11.4 Å². The molecule has 2 aromatic carbocycles. The molecule has 0 radical (unpaired) electrons. The summed E-state index contributed by atoms with van der Waals surface area (Å²) < 4.78 is 32.7. The average molecular weight is 313 g/mol. The Bertz CT molecular complexity index is 705. The van der Waals surface area contributed by atoms with E-state index in [-0.39, 0.29) is 16.3 Å². The van der Waals surface area contributed by atoms with Gasteiger partial charge in [0.25, 0.3) is 0 Å². The van der Waals surface area contributed by atoms with Crippen LogP contribution in [-0.2, 0) is 10.1 Å². The SMILES string of the molecule is CC[NH+]=C(N)N.O.O=S(=O)([O-])c1cccc2ccccc12. The van der Waals surface area contributed by atoms with Crippen LogP contribution in [0, 0.1) is 0 Å². The molecular weight excluding hydrogens is 294 g/mol. The van der Waals surface area contributed by atoms with Crippen LogP contribution in [-0.4, -0.2) is 31.0 Å². The first-order valence-corrected chi connectivity index (χ1v) is 7.32. The number of guanidine groups is 1. The molecule has 0 bridgehead atoms. The summed E-state index contributed by atoms with van der Waals surface area (Å²) in [7, 11) is -4.38. The molecule has 8 heteroatoms. The molecule has 0 aliphatic heterocycles. The molecule has 7 nitrogen and oxygen atoms in total. The number of hydrogen-bond donors (Lipinski definition) is 3. The van der Waals surface area contributed by atoms with Crippen LogP contribution in [0.1, 0.15) is 6.92 Å². The van der Waals surface area contributed by atoms with Crippen molar-refractivity contribution >= 4 is 26.9 Å². The van der Waals surface area contributed by atoms with Gasteiger partial charge in [0.2, 0.25) is 0 Å². The van der Waals surface area contributed by atoms with Crippen molar-refractivity contribution < 1.29 is 23.4 Å². The van der Waals surface area contributed by atoms with Gasteiger partial charge in [0.1, 0.15) is 10.1 Å². The summed E-state index contributed by atoms with van der Waals surface area (Å²) in [5.74, 6) is 0.289. The van der Waals surface area contributed by atoms with Crippen molar-refractivity contribution in [2.75, 3.05) is 6.54 Å². The van der Waals surface area contributed by atoms with Gasteiger partial charge >= 0.3 is 5.96 Å². The highest BCUT2D eigenvalue weighted by Gasteiger charge is 2.05. The van der Waals surface area contributed by atoms with E-state index in [9.17, 15) is 13.0 Å². The quantitative estimate of drug-likeness (QED) is 0.342. The van der Waals surface area contributed by atoms with Crippen molar-refractivity contribution in [2.24, 2.45) is 11.5 Å². The van der Waals surface area contributed by atoms with Crippen molar-refractivity contribution in [2.45, 2.75) is 11.8 Å². The van der Waals surface area contributed by atoms with Crippen LogP contribution < -0.4 is 16.5 Å². The maximum absolute atomic E-state index is 10.9. The second-order valence-electron chi connectivity index (χ2n) is 3.92. The first-order valence-electron chi connectivity index (χ1n) is 5.91. The topological polar surface area (TPSA) is 155 Å². The zero-order valence-electron chi connectivity index (χ0n) is 11.5. The lowest BCUT2D eigenvalue weighted by Gasteiger charge is -2.09. The van der Waals surface area contributed by atoms with Crippen LogP contribution in [0.4, 0.5) is 0 Å². The van der Waals surface area contributed by atoms with Gasteiger partial charge in [0, 0.05) is 0 Å². The highest BCUT2D eigenvalue weighted by Crippen LogP contribution is 2.21. The molecule has 21 heavy (non-hydrogen) atoms. The lowest BCUT2D eigenvalue weighted by atomic mass is 10.1. The van der Waals surface area contributed by atoms with Gasteiger partial charge in [-0.1, -0.05) is 36.4 Å². The Labute approximate surface area is 123 Å². The minimum absolute atomic E-state index is 0. The van der Waals surface area contributed by atoms with Crippen LogP contribution in [0.2, 0.25) is 0 Å². The first-order chi connectivity index (χ1) is 9.36. The monoisotopic (exact) mass is 313 g/mol. The Morgan fingerprint density at radius 2 is 1.71 bits per heavy atom. The van der Waals surface area contributed by atoms with E-state index in [4.69, 9.17) is 11.5 Å². The molecule has 0 aliphatic rings. The van der Waals surface area contributed by atoms with E-state index >= 15 is 0 Å². The molecule has 116 valence electrons. The Kier molecular flexibility index (Phi) is 7.36. The van der Waals surface area contributed by atoms with Gasteiger partial charge in [-0.25, -0.2) is 8.42 Å². The number of rotatable bonds is 2. The van der Waals surface area contributed by atoms with E-state index in [1.54, 1.807) is 36.4 Å². The number of hydrogen-bond acceptors (Lipinski definition) is 3. The Morgan fingerprint density at radius 3 is 2.19 bits per heavy atom. The fourth-order valence-corrected chi connectivity index (χ4v) is 2.32. The van der Waals surface area contributed by atoms with Gasteiger partial charge in [-0.05, 0) is 23.8 Å². The summed E-state index contributed by atoms with van der Waals surface area (Å²) in [6.07, 6.45) is 0. The minimum Gasteiger partial charge on any atom is -0.744 e. The van der Waals surface area contributed by atoms with Crippen molar-refractivity contribution in [3.63, 3.8) is 0 Å². The average Bonchev–Trinajstić information content (AvgIpc) is 2.37. The van der Waals surface area contributed by atoms with E-state index in [0.29, 0.717) is 5.39 Å². The molecule has 7 N–H and O–H groups in total. The maximum Gasteiger partial charge on any atom is 0.338 e. The van der Waals surface area contributed by atoms with E-state index in [1.807, 2.05) is 6.92 Å². The normalized spacial score (nSPS) is 10.0. The molecule has 0 saturated carbocycles. The molecular formula is C13H19N3O4S. The number of nitrogens with two attached hydrogens (primary N) is 2. The lowest BCUT2D eigenvalue weighted by molar-refractivity contribution is -0.454. The third kappa shape index (κ3) is 5.78. The third-order valence-electron chi connectivity index (χ3n) is 2.40. The molecule has 0 aliphatic carbocycles. The molecule has 0 saturated heterocycles. The Morgan fingerprint density at radius 1 is 1.14 bits per heavy atom. The maximum atomic E-state index is 10.9. The summed E-state index contributed by atoms with van der Waals surface area (Å²) in [4.78, 5) is 2.52. The fraction of sp³-hybridized carbons (Fsp3) is 0.154. The van der Waals surface area contributed by atoms with Crippen LogP contribution in [0.3, 0.4) is 0 Å². The van der Waals surface area contributed by atoms with E-state index in [1.165, 1.54) is 6.07 Å². The number of fused-ring (bicyclic) bond motifs is 1. The summed E-state index contributed by atoms with van der Waals surface area (Å²) in [6.45, 7) is 2.72. The largest absolute Gasteiger partial charge is 0.744 e. The summed E-state index contributed by atoms with van der Waals surface area (Å²) in [6, 6.07) is 11.5. The summed E-state index contributed by atoms with van der Waals surface area (Å²) in [5.41, 5.74) is 9.97.